The fourth-order valence-electron chi connectivity index (χ4n) is 2.85. The molecule has 1 aliphatic rings. The maximum atomic E-state index is 3.73. The molecule has 0 saturated heterocycles. The number of aryl methyl sites for hydroxylation is 1. The summed E-state index contributed by atoms with van der Waals surface area (Å²) in [6.45, 7) is 5.97. The molecule has 18 heavy (non-hydrogen) atoms. The number of rotatable bonds is 5. The molecule has 1 nitrogen and oxygen atoms in total. The van der Waals surface area contributed by atoms with Crippen LogP contribution < -0.4 is 5.32 Å². The minimum atomic E-state index is 0.586. The number of hydrogen-bond donors (Lipinski definition) is 1. The first-order valence-corrected chi connectivity index (χ1v) is 7.43. The minimum absolute atomic E-state index is 0.586. The zero-order chi connectivity index (χ0) is 12.8. The average molecular weight is 245 g/mol. The van der Waals surface area contributed by atoms with Gasteiger partial charge in [-0.1, -0.05) is 44.2 Å². The topological polar surface area (TPSA) is 12.0 Å². The van der Waals surface area contributed by atoms with E-state index in [0.717, 1.165) is 6.04 Å². The molecule has 100 valence electrons. The van der Waals surface area contributed by atoms with E-state index in [4.69, 9.17) is 0 Å². The average Bonchev–Trinajstić information content (AvgIpc) is 2.37. The molecule has 0 aliphatic heterocycles. The minimum Gasteiger partial charge on any atom is -0.314 e. The van der Waals surface area contributed by atoms with E-state index in [9.17, 15) is 0 Å². The summed E-state index contributed by atoms with van der Waals surface area (Å²) in [5.41, 5.74) is 2.05. The first-order valence-electron chi connectivity index (χ1n) is 7.43. The molecule has 2 rings (SSSR count). The highest BCUT2D eigenvalue weighted by Gasteiger charge is 2.26. The summed E-state index contributed by atoms with van der Waals surface area (Å²) >= 11 is 0. The van der Waals surface area contributed by atoms with Gasteiger partial charge in [-0.15, -0.1) is 0 Å². The van der Waals surface area contributed by atoms with E-state index in [2.05, 4.69) is 49.5 Å². The lowest BCUT2D eigenvalue weighted by Crippen LogP contribution is -2.36. The molecule has 1 aliphatic carbocycles. The first-order chi connectivity index (χ1) is 8.66. The van der Waals surface area contributed by atoms with Crippen LogP contribution in [0.4, 0.5) is 0 Å². The van der Waals surface area contributed by atoms with E-state index >= 15 is 0 Å². The van der Waals surface area contributed by atoms with Crippen molar-refractivity contribution in [2.45, 2.75) is 58.4 Å². The van der Waals surface area contributed by atoms with Gasteiger partial charge in [0.05, 0.1) is 0 Å². The van der Waals surface area contributed by atoms with E-state index in [1.54, 1.807) is 0 Å². The van der Waals surface area contributed by atoms with Crippen LogP contribution in [0, 0.1) is 5.41 Å². The highest BCUT2D eigenvalue weighted by Crippen LogP contribution is 2.34. The summed E-state index contributed by atoms with van der Waals surface area (Å²) in [5, 5.41) is 3.73. The van der Waals surface area contributed by atoms with E-state index in [-0.39, 0.29) is 0 Å². The molecule has 1 heteroatoms. The van der Waals surface area contributed by atoms with Crippen LogP contribution in [0.1, 0.15) is 51.5 Å². The normalized spacial score (nSPS) is 19.9. The van der Waals surface area contributed by atoms with E-state index in [0.29, 0.717) is 5.41 Å². The molecule has 0 unspecified atom stereocenters. The van der Waals surface area contributed by atoms with Gasteiger partial charge in [0, 0.05) is 6.04 Å². The molecule has 0 aromatic heterocycles. The van der Waals surface area contributed by atoms with Crippen molar-refractivity contribution in [3.63, 3.8) is 0 Å². The summed E-state index contributed by atoms with van der Waals surface area (Å²) in [5.74, 6) is 0. The molecule has 0 heterocycles. The highest BCUT2D eigenvalue weighted by molar-refractivity contribution is 5.14. The predicted octanol–water partition coefficient (Wildman–Crippen LogP) is 4.18. The van der Waals surface area contributed by atoms with Gasteiger partial charge in [-0.2, -0.15) is 0 Å². The third kappa shape index (κ3) is 4.45. The molecular weight excluding hydrogens is 218 g/mol. The Bertz CT molecular complexity index is 332. The zero-order valence-electron chi connectivity index (χ0n) is 11.9. The molecule has 1 aromatic rings. The molecule has 1 fully saturated rings. The van der Waals surface area contributed by atoms with Gasteiger partial charge in [-0.25, -0.2) is 0 Å². The maximum absolute atomic E-state index is 3.73. The largest absolute Gasteiger partial charge is 0.314 e. The Kier molecular flexibility index (Phi) is 4.82. The lowest BCUT2D eigenvalue weighted by molar-refractivity contribution is 0.206. The molecule has 1 saturated carbocycles. The van der Waals surface area contributed by atoms with Crippen LogP contribution in [0.15, 0.2) is 30.3 Å². The third-order valence-electron chi connectivity index (χ3n) is 4.26. The summed E-state index contributed by atoms with van der Waals surface area (Å²) in [4.78, 5) is 0. The number of nitrogens with one attached hydrogen (secondary N) is 1. The molecule has 0 amide bonds. The Morgan fingerprint density at radius 1 is 1.11 bits per heavy atom. The van der Waals surface area contributed by atoms with Gasteiger partial charge >= 0.3 is 0 Å². The Morgan fingerprint density at radius 2 is 1.78 bits per heavy atom. The van der Waals surface area contributed by atoms with Crippen molar-refractivity contribution in [1.29, 1.82) is 0 Å². The molecule has 1 aromatic carbocycles. The monoisotopic (exact) mass is 245 g/mol. The lowest BCUT2D eigenvalue weighted by atomic mass is 9.75. The van der Waals surface area contributed by atoms with Crippen molar-refractivity contribution >= 4 is 0 Å². The van der Waals surface area contributed by atoms with Crippen molar-refractivity contribution < 1.29 is 0 Å². The van der Waals surface area contributed by atoms with E-state index in [1.165, 1.54) is 50.6 Å². The van der Waals surface area contributed by atoms with E-state index in [1.807, 2.05) is 0 Å². The third-order valence-corrected chi connectivity index (χ3v) is 4.26. The van der Waals surface area contributed by atoms with Gasteiger partial charge in [0.2, 0.25) is 0 Å². The van der Waals surface area contributed by atoms with Gasteiger partial charge in [0.25, 0.3) is 0 Å². The summed E-state index contributed by atoms with van der Waals surface area (Å²) in [6, 6.07) is 11.6. The Balaban J connectivity index is 1.59. The predicted molar refractivity (Wildman–Crippen MR) is 78.8 cm³/mol. The Hall–Kier alpha value is -0.820. The standard InChI is InChI=1S/C17H27N/c1-17(2)12-10-16(11-13-17)18-14-6-9-15-7-4-3-5-8-15/h3-5,7-8,16,18H,6,9-14H2,1-2H3. The van der Waals surface area contributed by atoms with Crippen LogP contribution in [0.3, 0.4) is 0 Å². The van der Waals surface area contributed by atoms with Crippen molar-refractivity contribution in [3.05, 3.63) is 35.9 Å². The number of benzene rings is 1. The first kappa shape index (κ1) is 13.6. The Morgan fingerprint density at radius 3 is 2.44 bits per heavy atom. The fraction of sp³-hybridized carbons (Fsp3) is 0.647. The summed E-state index contributed by atoms with van der Waals surface area (Å²) in [6.07, 6.45) is 7.93. The van der Waals surface area contributed by atoms with Gasteiger partial charge in [0.1, 0.15) is 0 Å². The van der Waals surface area contributed by atoms with Crippen molar-refractivity contribution in [2.24, 2.45) is 5.41 Å². The molecular formula is C17H27N. The number of hydrogen-bond acceptors (Lipinski definition) is 1. The molecule has 0 spiro atoms. The molecule has 1 N–H and O–H groups in total. The summed E-state index contributed by atoms with van der Waals surface area (Å²) < 4.78 is 0. The van der Waals surface area contributed by atoms with Crippen molar-refractivity contribution in [1.82, 2.24) is 5.32 Å². The van der Waals surface area contributed by atoms with Crippen molar-refractivity contribution in [3.8, 4) is 0 Å². The SMILES string of the molecule is CC1(C)CCC(NCCCc2ccccc2)CC1. The van der Waals surface area contributed by atoms with Gasteiger partial charge in [-0.3, -0.25) is 0 Å². The highest BCUT2D eigenvalue weighted by atomic mass is 14.9. The Labute approximate surface area is 112 Å². The fourth-order valence-corrected chi connectivity index (χ4v) is 2.85. The summed E-state index contributed by atoms with van der Waals surface area (Å²) in [7, 11) is 0. The smallest absolute Gasteiger partial charge is 0.00674 e. The van der Waals surface area contributed by atoms with Gasteiger partial charge in [-0.05, 0) is 56.0 Å². The van der Waals surface area contributed by atoms with Crippen LogP contribution >= 0.6 is 0 Å². The van der Waals surface area contributed by atoms with E-state index < -0.39 is 0 Å². The molecule has 0 radical (unpaired) electrons. The maximum Gasteiger partial charge on any atom is 0.00674 e. The molecule has 0 bridgehead atoms. The van der Waals surface area contributed by atoms with Crippen LogP contribution in [-0.2, 0) is 6.42 Å². The van der Waals surface area contributed by atoms with Gasteiger partial charge in [0.15, 0.2) is 0 Å². The van der Waals surface area contributed by atoms with Gasteiger partial charge < -0.3 is 5.32 Å². The van der Waals surface area contributed by atoms with Crippen LogP contribution in [0.25, 0.3) is 0 Å². The molecule has 0 atom stereocenters. The van der Waals surface area contributed by atoms with Crippen LogP contribution in [-0.4, -0.2) is 12.6 Å². The lowest BCUT2D eigenvalue weighted by Gasteiger charge is -2.34. The van der Waals surface area contributed by atoms with Crippen LogP contribution in [0.2, 0.25) is 0 Å². The van der Waals surface area contributed by atoms with Crippen molar-refractivity contribution in [2.75, 3.05) is 6.54 Å². The second-order valence-electron chi connectivity index (χ2n) is 6.48. The van der Waals surface area contributed by atoms with Crippen LogP contribution in [0.5, 0.6) is 0 Å². The quantitative estimate of drug-likeness (QED) is 0.767. The second kappa shape index (κ2) is 6.38. The zero-order valence-corrected chi connectivity index (χ0v) is 11.9. The second-order valence-corrected chi connectivity index (χ2v) is 6.48.